The molecule has 0 saturated heterocycles. The number of nitrogens with zero attached hydrogens (tertiary/aromatic N) is 3. The average molecular weight is 295 g/mol. The van der Waals surface area contributed by atoms with Crippen LogP contribution in [0, 0.1) is 17.2 Å². The second kappa shape index (κ2) is 6.39. The zero-order valence-corrected chi connectivity index (χ0v) is 12.2. The molecule has 1 aliphatic carbocycles. The fraction of sp³-hybridized carbons (Fsp3) is 0.375. The van der Waals surface area contributed by atoms with Crippen molar-refractivity contribution < 1.29 is 0 Å². The lowest BCUT2D eigenvalue weighted by atomic mass is 10.0. The maximum Gasteiger partial charge on any atom is 0.271 e. The van der Waals surface area contributed by atoms with Crippen LogP contribution in [-0.4, -0.2) is 15.0 Å². The van der Waals surface area contributed by atoms with Crippen LogP contribution in [0.1, 0.15) is 37.1 Å². The van der Waals surface area contributed by atoms with Gasteiger partial charge in [0.05, 0.1) is 11.9 Å². The van der Waals surface area contributed by atoms with E-state index < -0.39 is 5.56 Å². The summed E-state index contributed by atoms with van der Waals surface area (Å²) >= 11 is 0. The molecule has 0 bridgehead atoms. The van der Waals surface area contributed by atoms with Gasteiger partial charge < -0.3 is 10.3 Å². The number of aromatic amines is 1. The van der Waals surface area contributed by atoms with E-state index >= 15 is 0 Å². The number of aromatic nitrogens is 3. The Bertz CT molecular complexity index is 741. The van der Waals surface area contributed by atoms with E-state index in [0.29, 0.717) is 23.2 Å². The summed E-state index contributed by atoms with van der Waals surface area (Å²) in [5.41, 5.74) is 0.305. The van der Waals surface area contributed by atoms with Crippen LogP contribution in [0.15, 0.2) is 29.3 Å². The molecule has 6 heteroatoms. The lowest BCUT2D eigenvalue weighted by Crippen LogP contribution is -2.19. The highest BCUT2D eigenvalue weighted by molar-refractivity contribution is 5.61. The second-order valence-electron chi connectivity index (χ2n) is 5.57. The van der Waals surface area contributed by atoms with Gasteiger partial charge in [0.2, 0.25) is 0 Å². The van der Waals surface area contributed by atoms with Gasteiger partial charge in [-0.2, -0.15) is 5.26 Å². The number of pyridine rings is 1. The standard InChI is InChI=1S/C16H17N5O/c17-9-13-15(19-12-6-3-7-18-10-12)20-14(21-16(13)22)8-11-4-1-2-5-11/h3,6-7,10-11H,1-2,4-5,8H2,(H2,19,20,21,22). The van der Waals surface area contributed by atoms with Crippen molar-refractivity contribution >= 4 is 11.5 Å². The Morgan fingerprint density at radius 3 is 2.91 bits per heavy atom. The molecule has 0 radical (unpaired) electrons. The minimum atomic E-state index is -0.392. The third-order valence-electron chi connectivity index (χ3n) is 3.96. The van der Waals surface area contributed by atoms with Crippen LogP contribution in [0.2, 0.25) is 0 Å². The Morgan fingerprint density at radius 2 is 2.23 bits per heavy atom. The highest BCUT2D eigenvalue weighted by Gasteiger charge is 2.18. The molecule has 0 aliphatic heterocycles. The smallest absolute Gasteiger partial charge is 0.271 e. The zero-order valence-electron chi connectivity index (χ0n) is 12.2. The molecule has 22 heavy (non-hydrogen) atoms. The van der Waals surface area contributed by atoms with Crippen LogP contribution in [-0.2, 0) is 6.42 Å². The van der Waals surface area contributed by atoms with Gasteiger partial charge in [0.25, 0.3) is 5.56 Å². The van der Waals surface area contributed by atoms with Crippen molar-refractivity contribution in [2.75, 3.05) is 5.32 Å². The molecule has 0 aromatic carbocycles. The normalized spacial score (nSPS) is 14.7. The Morgan fingerprint density at radius 1 is 1.41 bits per heavy atom. The van der Waals surface area contributed by atoms with Gasteiger partial charge in [-0.25, -0.2) is 4.98 Å². The van der Waals surface area contributed by atoms with Gasteiger partial charge in [-0.05, 0) is 18.1 Å². The number of anilines is 2. The number of nitrogens with one attached hydrogen (secondary N) is 2. The van der Waals surface area contributed by atoms with Gasteiger partial charge in [0.1, 0.15) is 11.9 Å². The van der Waals surface area contributed by atoms with E-state index in [0.717, 1.165) is 6.42 Å². The van der Waals surface area contributed by atoms with Crippen LogP contribution >= 0.6 is 0 Å². The van der Waals surface area contributed by atoms with Gasteiger partial charge in [-0.1, -0.05) is 25.7 Å². The summed E-state index contributed by atoms with van der Waals surface area (Å²) in [5, 5.41) is 12.2. The highest BCUT2D eigenvalue weighted by atomic mass is 16.1. The number of rotatable bonds is 4. The molecule has 2 aromatic heterocycles. The van der Waals surface area contributed by atoms with Crippen LogP contribution in [0.5, 0.6) is 0 Å². The Labute approximate surface area is 128 Å². The summed E-state index contributed by atoms with van der Waals surface area (Å²) in [7, 11) is 0. The van der Waals surface area contributed by atoms with Crippen LogP contribution in [0.25, 0.3) is 0 Å². The van der Waals surface area contributed by atoms with Crippen molar-refractivity contribution in [1.29, 1.82) is 5.26 Å². The number of H-pyrrole nitrogens is 1. The molecule has 112 valence electrons. The van der Waals surface area contributed by atoms with E-state index in [1.165, 1.54) is 25.7 Å². The van der Waals surface area contributed by atoms with Gasteiger partial charge in [0.15, 0.2) is 11.4 Å². The molecule has 0 spiro atoms. The molecule has 3 rings (SSSR count). The monoisotopic (exact) mass is 295 g/mol. The average Bonchev–Trinajstić information content (AvgIpc) is 3.01. The van der Waals surface area contributed by atoms with Crippen molar-refractivity contribution in [3.63, 3.8) is 0 Å². The van der Waals surface area contributed by atoms with E-state index in [-0.39, 0.29) is 5.56 Å². The highest BCUT2D eigenvalue weighted by Crippen LogP contribution is 2.27. The molecule has 2 heterocycles. The molecule has 2 aromatic rings. The lowest BCUT2D eigenvalue weighted by Gasteiger charge is -2.11. The second-order valence-corrected chi connectivity index (χ2v) is 5.57. The van der Waals surface area contributed by atoms with Crippen molar-refractivity contribution in [1.82, 2.24) is 15.0 Å². The lowest BCUT2D eigenvalue weighted by molar-refractivity contribution is 0.529. The van der Waals surface area contributed by atoms with Crippen LogP contribution in [0.4, 0.5) is 11.5 Å². The van der Waals surface area contributed by atoms with Crippen molar-refractivity contribution in [2.24, 2.45) is 5.92 Å². The molecule has 0 amide bonds. The minimum Gasteiger partial charge on any atom is -0.338 e. The summed E-state index contributed by atoms with van der Waals surface area (Å²) in [6.45, 7) is 0. The Kier molecular flexibility index (Phi) is 4.15. The van der Waals surface area contributed by atoms with Gasteiger partial charge in [-0.15, -0.1) is 0 Å². The predicted octanol–water partition coefficient (Wildman–Crippen LogP) is 2.51. The van der Waals surface area contributed by atoms with E-state index in [1.807, 2.05) is 12.1 Å². The van der Waals surface area contributed by atoms with E-state index in [4.69, 9.17) is 0 Å². The Balaban J connectivity index is 1.91. The van der Waals surface area contributed by atoms with E-state index in [9.17, 15) is 10.1 Å². The quantitative estimate of drug-likeness (QED) is 0.903. The summed E-state index contributed by atoms with van der Waals surface area (Å²) in [6.07, 6.45) is 8.87. The number of nitriles is 1. The summed E-state index contributed by atoms with van der Waals surface area (Å²) in [6, 6.07) is 5.51. The van der Waals surface area contributed by atoms with Crippen molar-refractivity contribution in [2.45, 2.75) is 32.1 Å². The zero-order chi connectivity index (χ0) is 15.4. The summed E-state index contributed by atoms with van der Waals surface area (Å²) in [4.78, 5) is 23.3. The van der Waals surface area contributed by atoms with Crippen LogP contribution < -0.4 is 10.9 Å². The molecular weight excluding hydrogens is 278 g/mol. The van der Waals surface area contributed by atoms with Crippen molar-refractivity contribution in [3.05, 3.63) is 46.3 Å². The first-order valence-electron chi connectivity index (χ1n) is 7.46. The fourth-order valence-corrected chi connectivity index (χ4v) is 2.87. The minimum absolute atomic E-state index is 0.000903. The maximum absolute atomic E-state index is 12.1. The number of hydrogen-bond acceptors (Lipinski definition) is 5. The SMILES string of the molecule is N#Cc1c(Nc2cccnc2)nc(CC2CCCC2)[nH]c1=O. The van der Waals surface area contributed by atoms with E-state index in [1.54, 1.807) is 18.5 Å². The molecule has 0 unspecified atom stereocenters. The third kappa shape index (κ3) is 3.14. The molecular formula is C16H17N5O. The molecule has 1 saturated carbocycles. The molecule has 0 atom stereocenters. The molecule has 2 N–H and O–H groups in total. The molecule has 6 nitrogen and oxygen atoms in total. The van der Waals surface area contributed by atoms with Gasteiger partial charge in [0, 0.05) is 12.6 Å². The maximum atomic E-state index is 12.1. The molecule has 1 fully saturated rings. The largest absolute Gasteiger partial charge is 0.338 e. The van der Waals surface area contributed by atoms with Gasteiger partial charge >= 0.3 is 0 Å². The van der Waals surface area contributed by atoms with E-state index in [2.05, 4.69) is 20.3 Å². The number of hydrogen-bond donors (Lipinski definition) is 2. The third-order valence-corrected chi connectivity index (χ3v) is 3.96. The Hall–Kier alpha value is -2.68. The van der Waals surface area contributed by atoms with Gasteiger partial charge in [-0.3, -0.25) is 9.78 Å². The predicted molar refractivity (Wildman–Crippen MR) is 82.8 cm³/mol. The fourth-order valence-electron chi connectivity index (χ4n) is 2.87. The molecule has 1 aliphatic rings. The van der Waals surface area contributed by atoms with Crippen LogP contribution in [0.3, 0.4) is 0 Å². The first-order chi connectivity index (χ1) is 10.8. The topological polar surface area (TPSA) is 94.5 Å². The summed E-state index contributed by atoms with van der Waals surface area (Å²) in [5.74, 6) is 1.51. The first kappa shape index (κ1) is 14.3. The first-order valence-corrected chi connectivity index (χ1v) is 7.46. The van der Waals surface area contributed by atoms with Crippen molar-refractivity contribution in [3.8, 4) is 6.07 Å². The summed E-state index contributed by atoms with van der Waals surface area (Å²) < 4.78 is 0.